The van der Waals surface area contributed by atoms with Gasteiger partial charge in [-0.2, -0.15) is 5.10 Å². The van der Waals surface area contributed by atoms with E-state index in [1.54, 1.807) is 13.1 Å². The zero-order valence-electron chi connectivity index (χ0n) is 11.4. The van der Waals surface area contributed by atoms with E-state index in [4.69, 9.17) is 5.11 Å². The summed E-state index contributed by atoms with van der Waals surface area (Å²) in [5.74, 6) is -0.967. The SMILES string of the molecule is CCn1cc(-c2cc(C(=O)O)n(C)n2)c2ccccc21. The Balaban J connectivity index is 2.24. The summed E-state index contributed by atoms with van der Waals surface area (Å²) in [6.45, 7) is 2.94. The second-order valence-corrected chi connectivity index (χ2v) is 4.69. The molecule has 0 spiro atoms. The molecule has 0 aliphatic heterocycles. The van der Waals surface area contributed by atoms with E-state index in [1.165, 1.54) is 4.68 Å². The number of carboxylic acid groups (broad SMARTS) is 1. The fraction of sp³-hybridized carbons (Fsp3) is 0.200. The molecule has 0 aliphatic carbocycles. The van der Waals surface area contributed by atoms with E-state index in [2.05, 4.69) is 22.7 Å². The standard InChI is InChI=1S/C15H15N3O2/c1-3-18-9-11(10-6-4-5-7-13(10)18)12-8-14(15(19)20)17(2)16-12/h4-9H,3H2,1-2H3,(H,19,20). The van der Waals surface area contributed by atoms with Gasteiger partial charge in [0.25, 0.3) is 0 Å². The number of hydrogen-bond donors (Lipinski definition) is 1. The molecule has 0 bridgehead atoms. The van der Waals surface area contributed by atoms with Crippen molar-refractivity contribution in [3.8, 4) is 11.3 Å². The van der Waals surface area contributed by atoms with Crippen molar-refractivity contribution < 1.29 is 9.90 Å². The highest BCUT2D eigenvalue weighted by Crippen LogP contribution is 2.30. The number of fused-ring (bicyclic) bond motifs is 1. The molecule has 1 N–H and O–H groups in total. The van der Waals surface area contributed by atoms with E-state index in [9.17, 15) is 4.79 Å². The Hall–Kier alpha value is -2.56. The summed E-state index contributed by atoms with van der Waals surface area (Å²) in [7, 11) is 1.64. The fourth-order valence-corrected chi connectivity index (χ4v) is 2.51. The van der Waals surface area contributed by atoms with E-state index in [0.29, 0.717) is 5.69 Å². The van der Waals surface area contributed by atoms with Crippen molar-refractivity contribution in [2.24, 2.45) is 7.05 Å². The Kier molecular flexibility index (Phi) is 2.82. The van der Waals surface area contributed by atoms with Crippen molar-refractivity contribution in [3.05, 3.63) is 42.2 Å². The van der Waals surface area contributed by atoms with E-state index in [-0.39, 0.29) is 5.69 Å². The highest BCUT2D eigenvalue weighted by atomic mass is 16.4. The van der Waals surface area contributed by atoms with Crippen molar-refractivity contribution in [1.82, 2.24) is 14.3 Å². The third kappa shape index (κ3) is 1.79. The van der Waals surface area contributed by atoms with Crippen molar-refractivity contribution in [1.29, 1.82) is 0 Å². The molecule has 0 saturated heterocycles. The number of aromatic nitrogens is 3. The zero-order valence-corrected chi connectivity index (χ0v) is 11.4. The number of rotatable bonds is 3. The summed E-state index contributed by atoms with van der Waals surface area (Å²) in [5.41, 5.74) is 2.97. The van der Waals surface area contributed by atoms with Crippen molar-refractivity contribution in [2.45, 2.75) is 13.5 Å². The summed E-state index contributed by atoms with van der Waals surface area (Å²) in [6, 6.07) is 9.69. The number of aromatic carboxylic acids is 1. The molecule has 2 heterocycles. The minimum absolute atomic E-state index is 0.188. The topological polar surface area (TPSA) is 60.1 Å². The van der Waals surface area contributed by atoms with Crippen LogP contribution in [-0.2, 0) is 13.6 Å². The van der Waals surface area contributed by atoms with Crippen LogP contribution in [0.4, 0.5) is 0 Å². The van der Waals surface area contributed by atoms with Gasteiger partial charge in [0.1, 0.15) is 5.69 Å². The van der Waals surface area contributed by atoms with Gasteiger partial charge in [-0.15, -0.1) is 0 Å². The number of para-hydroxylation sites is 1. The Labute approximate surface area is 116 Å². The lowest BCUT2D eigenvalue weighted by molar-refractivity contribution is 0.0685. The molecule has 5 nitrogen and oxygen atoms in total. The molecule has 20 heavy (non-hydrogen) atoms. The van der Waals surface area contributed by atoms with Gasteiger partial charge in [0.05, 0.1) is 5.69 Å². The van der Waals surface area contributed by atoms with E-state index >= 15 is 0 Å². The molecule has 0 fully saturated rings. The number of nitrogens with zero attached hydrogens (tertiary/aromatic N) is 3. The summed E-state index contributed by atoms with van der Waals surface area (Å²) < 4.78 is 3.54. The lowest BCUT2D eigenvalue weighted by Crippen LogP contribution is -2.04. The van der Waals surface area contributed by atoms with Crippen LogP contribution in [0, 0.1) is 0 Å². The van der Waals surface area contributed by atoms with Crippen LogP contribution in [0.1, 0.15) is 17.4 Å². The first kappa shape index (κ1) is 12.5. The summed E-state index contributed by atoms with van der Waals surface area (Å²) in [4.78, 5) is 11.1. The molecule has 0 saturated carbocycles. The smallest absolute Gasteiger partial charge is 0.354 e. The molecule has 0 radical (unpaired) electrons. The molecule has 2 aromatic heterocycles. The number of benzene rings is 1. The number of aryl methyl sites for hydroxylation is 2. The van der Waals surface area contributed by atoms with Gasteiger partial charge in [0, 0.05) is 36.3 Å². The molecular weight excluding hydrogens is 254 g/mol. The lowest BCUT2D eigenvalue weighted by atomic mass is 10.1. The number of carboxylic acids is 1. The number of hydrogen-bond acceptors (Lipinski definition) is 2. The first-order chi connectivity index (χ1) is 9.61. The summed E-state index contributed by atoms with van der Waals surface area (Å²) in [5, 5.41) is 14.5. The van der Waals surface area contributed by atoms with Crippen molar-refractivity contribution in [3.63, 3.8) is 0 Å². The Morgan fingerprint density at radius 2 is 2.10 bits per heavy atom. The van der Waals surface area contributed by atoms with Crippen LogP contribution in [-0.4, -0.2) is 25.4 Å². The average Bonchev–Trinajstić information content (AvgIpc) is 2.99. The maximum absolute atomic E-state index is 11.1. The van der Waals surface area contributed by atoms with Gasteiger partial charge < -0.3 is 9.67 Å². The van der Waals surface area contributed by atoms with Crippen LogP contribution in [0.5, 0.6) is 0 Å². The number of carbonyl (C=O) groups is 1. The maximum atomic E-state index is 11.1. The molecule has 0 amide bonds. The third-order valence-electron chi connectivity index (χ3n) is 3.50. The van der Waals surface area contributed by atoms with Gasteiger partial charge in [-0.3, -0.25) is 4.68 Å². The van der Waals surface area contributed by atoms with Crippen LogP contribution in [0.2, 0.25) is 0 Å². The lowest BCUT2D eigenvalue weighted by Gasteiger charge is -1.97. The maximum Gasteiger partial charge on any atom is 0.354 e. The molecule has 0 atom stereocenters. The van der Waals surface area contributed by atoms with Gasteiger partial charge in [-0.1, -0.05) is 18.2 Å². The molecule has 3 rings (SSSR count). The van der Waals surface area contributed by atoms with Crippen LogP contribution in [0.25, 0.3) is 22.2 Å². The van der Waals surface area contributed by atoms with Crippen molar-refractivity contribution >= 4 is 16.9 Å². The summed E-state index contributed by atoms with van der Waals surface area (Å²) in [6.07, 6.45) is 2.03. The molecule has 0 unspecified atom stereocenters. The monoisotopic (exact) mass is 269 g/mol. The second kappa shape index (κ2) is 4.52. The fourth-order valence-electron chi connectivity index (χ4n) is 2.51. The van der Waals surface area contributed by atoms with Gasteiger partial charge in [0.15, 0.2) is 0 Å². The third-order valence-corrected chi connectivity index (χ3v) is 3.50. The Bertz CT molecular complexity index is 799. The van der Waals surface area contributed by atoms with Gasteiger partial charge in [0.2, 0.25) is 0 Å². The Morgan fingerprint density at radius 3 is 2.75 bits per heavy atom. The summed E-state index contributed by atoms with van der Waals surface area (Å²) >= 11 is 0. The predicted octanol–water partition coefficient (Wildman–Crippen LogP) is 2.76. The molecular formula is C15H15N3O2. The van der Waals surface area contributed by atoms with Crippen molar-refractivity contribution in [2.75, 3.05) is 0 Å². The van der Waals surface area contributed by atoms with Gasteiger partial charge >= 0.3 is 5.97 Å². The van der Waals surface area contributed by atoms with Crippen LogP contribution < -0.4 is 0 Å². The van der Waals surface area contributed by atoms with Crippen LogP contribution >= 0.6 is 0 Å². The van der Waals surface area contributed by atoms with E-state index < -0.39 is 5.97 Å². The quantitative estimate of drug-likeness (QED) is 0.795. The minimum atomic E-state index is -0.967. The average molecular weight is 269 g/mol. The van der Waals surface area contributed by atoms with E-state index in [0.717, 1.165) is 23.0 Å². The molecule has 5 heteroatoms. The molecule has 102 valence electrons. The molecule has 3 aromatic rings. The predicted molar refractivity (Wildman–Crippen MR) is 76.8 cm³/mol. The van der Waals surface area contributed by atoms with E-state index in [1.807, 2.05) is 24.4 Å². The van der Waals surface area contributed by atoms with Gasteiger partial charge in [-0.05, 0) is 19.1 Å². The Morgan fingerprint density at radius 1 is 1.35 bits per heavy atom. The first-order valence-electron chi connectivity index (χ1n) is 6.47. The molecule has 0 aliphatic rings. The highest BCUT2D eigenvalue weighted by Gasteiger charge is 2.16. The van der Waals surface area contributed by atoms with Crippen LogP contribution in [0.15, 0.2) is 36.5 Å². The zero-order chi connectivity index (χ0) is 14.3. The normalized spacial score (nSPS) is 11.1. The second-order valence-electron chi connectivity index (χ2n) is 4.69. The first-order valence-corrected chi connectivity index (χ1v) is 6.47. The molecule has 1 aromatic carbocycles. The van der Waals surface area contributed by atoms with Gasteiger partial charge in [-0.25, -0.2) is 4.79 Å². The minimum Gasteiger partial charge on any atom is -0.477 e. The largest absolute Gasteiger partial charge is 0.477 e. The van der Waals surface area contributed by atoms with Crippen LogP contribution in [0.3, 0.4) is 0 Å². The highest BCUT2D eigenvalue weighted by molar-refractivity contribution is 5.96.